The monoisotopic (exact) mass is 762 g/mol. The number of allylic oxidation sites excluding steroid dienone is 4. The van der Waals surface area contributed by atoms with E-state index < -0.39 is 0 Å². The van der Waals surface area contributed by atoms with E-state index in [2.05, 4.69) is 181 Å². The summed E-state index contributed by atoms with van der Waals surface area (Å²) in [6, 6.07) is 59.5. The number of nitrogens with one attached hydrogen (secondary N) is 1. The highest BCUT2D eigenvalue weighted by Gasteiger charge is 2.14. The fourth-order valence-electron chi connectivity index (χ4n) is 7.55. The van der Waals surface area contributed by atoms with Crippen molar-refractivity contribution in [1.29, 1.82) is 0 Å². The SMILES string of the molecule is C=C/C=C(\C=C/C)CN=C(/C=C(\N)c1ccc(-c2ccccc2)cc1)c1ccc(Nc2cc(-c3ccc4c(c3)c3ccccc3n4-c3ccccc3)ccc2C=C)cc1. The van der Waals surface area contributed by atoms with Crippen molar-refractivity contribution >= 4 is 50.7 Å². The normalized spacial score (nSPS) is 12.3. The van der Waals surface area contributed by atoms with Crippen molar-refractivity contribution < 1.29 is 0 Å². The number of rotatable bonds is 13. The molecule has 3 N–H and O–H groups in total. The summed E-state index contributed by atoms with van der Waals surface area (Å²) >= 11 is 0. The molecule has 0 fully saturated rings. The Hall–Kier alpha value is -7.69. The summed E-state index contributed by atoms with van der Waals surface area (Å²) in [6.45, 7) is 10.5. The number of aromatic nitrogens is 1. The van der Waals surface area contributed by atoms with Crippen molar-refractivity contribution in [3.63, 3.8) is 0 Å². The number of benzene rings is 7. The minimum absolute atomic E-state index is 0.483. The maximum absolute atomic E-state index is 6.77. The fraction of sp³-hybridized carbons (Fsp3) is 0.0364. The second-order valence-corrected chi connectivity index (χ2v) is 14.4. The van der Waals surface area contributed by atoms with Gasteiger partial charge in [-0.2, -0.15) is 0 Å². The molecule has 0 atom stereocenters. The maximum Gasteiger partial charge on any atom is 0.0671 e. The summed E-state index contributed by atoms with van der Waals surface area (Å²) in [5, 5.41) is 6.12. The Labute approximate surface area is 347 Å². The van der Waals surface area contributed by atoms with Crippen LogP contribution in [0.4, 0.5) is 11.4 Å². The van der Waals surface area contributed by atoms with Crippen molar-refractivity contribution in [2.24, 2.45) is 10.7 Å². The molecule has 0 radical (unpaired) electrons. The third kappa shape index (κ3) is 8.39. The van der Waals surface area contributed by atoms with Crippen molar-refractivity contribution in [3.8, 4) is 27.9 Å². The van der Waals surface area contributed by atoms with E-state index in [1.807, 2.05) is 49.4 Å². The number of nitrogens with two attached hydrogens (primary N) is 1. The quantitative estimate of drug-likeness (QED) is 0.0908. The zero-order valence-electron chi connectivity index (χ0n) is 33.2. The standard InChI is InChI=1S/C55H46N4/c1-4-15-39(16-5-2)38-57-52(37-51(56)43-26-24-42(25-27-43)41-17-9-7-10-18-41)44-29-32-47(33-30-44)58-53-36-46(28-23-40(53)6-3)45-31-34-55-50(35-45)49-21-13-14-22-54(49)59(55)48-19-11-8-12-20-48/h4-37,58H,1,3,38,56H2,2H3/b16-5-,39-15+,51-37-,57-52?. The van der Waals surface area contributed by atoms with Crippen LogP contribution in [0.2, 0.25) is 0 Å². The maximum atomic E-state index is 6.77. The molecule has 4 nitrogen and oxygen atoms in total. The summed E-state index contributed by atoms with van der Waals surface area (Å²) in [4.78, 5) is 5.07. The number of nitrogens with zero attached hydrogens (tertiary/aromatic N) is 2. The Morgan fingerprint density at radius 1 is 0.644 bits per heavy atom. The molecule has 1 aromatic heterocycles. The van der Waals surface area contributed by atoms with Gasteiger partial charge < -0.3 is 15.6 Å². The van der Waals surface area contributed by atoms with E-state index in [0.717, 1.165) is 61.7 Å². The second kappa shape index (κ2) is 17.6. The summed E-state index contributed by atoms with van der Waals surface area (Å²) in [7, 11) is 0. The molecule has 286 valence electrons. The van der Waals surface area contributed by atoms with Gasteiger partial charge in [0.25, 0.3) is 0 Å². The Kier molecular flexibility index (Phi) is 11.4. The lowest BCUT2D eigenvalue weighted by atomic mass is 10.00. The van der Waals surface area contributed by atoms with Gasteiger partial charge in [-0.15, -0.1) is 0 Å². The van der Waals surface area contributed by atoms with E-state index in [-0.39, 0.29) is 0 Å². The van der Waals surface area contributed by atoms with Gasteiger partial charge in [0.2, 0.25) is 0 Å². The van der Waals surface area contributed by atoms with Gasteiger partial charge >= 0.3 is 0 Å². The largest absolute Gasteiger partial charge is 0.398 e. The van der Waals surface area contributed by atoms with Gasteiger partial charge in [-0.05, 0) is 106 Å². The Morgan fingerprint density at radius 2 is 1.27 bits per heavy atom. The second-order valence-electron chi connectivity index (χ2n) is 14.4. The molecule has 59 heavy (non-hydrogen) atoms. The highest BCUT2D eigenvalue weighted by atomic mass is 15.0. The van der Waals surface area contributed by atoms with Crippen molar-refractivity contribution in [1.82, 2.24) is 4.57 Å². The minimum Gasteiger partial charge on any atom is -0.398 e. The molecule has 0 amide bonds. The molecule has 0 bridgehead atoms. The summed E-state index contributed by atoms with van der Waals surface area (Å²) < 4.78 is 2.34. The molecule has 0 unspecified atom stereocenters. The number of hydrogen-bond donors (Lipinski definition) is 2. The van der Waals surface area contributed by atoms with Crippen LogP contribution in [0.25, 0.3) is 61.5 Å². The minimum atomic E-state index is 0.483. The molecule has 4 heteroatoms. The van der Waals surface area contributed by atoms with E-state index in [1.54, 1.807) is 6.08 Å². The molecule has 0 aliphatic carbocycles. The first-order chi connectivity index (χ1) is 29.0. The molecule has 0 saturated heterocycles. The van der Waals surface area contributed by atoms with Gasteiger partial charge in [-0.1, -0.05) is 165 Å². The molecule has 0 saturated carbocycles. The Balaban J connectivity index is 1.09. The smallest absolute Gasteiger partial charge is 0.0671 e. The first-order valence-electron chi connectivity index (χ1n) is 19.9. The number of fused-ring (bicyclic) bond motifs is 3. The molecule has 8 aromatic rings. The highest BCUT2D eigenvalue weighted by molar-refractivity contribution is 6.12. The number of aliphatic imine (C=N–C) groups is 1. The molecule has 0 aliphatic rings. The Bertz CT molecular complexity index is 2890. The molecular formula is C55H46N4. The molecule has 7 aromatic carbocycles. The van der Waals surface area contributed by atoms with Gasteiger partial charge in [0.15, 0.2) is 0 Å². The van der Waals surface area contributed by atoms with Gasteiger partial charge in [-0.3, -0.25) is 4.99 Å². The van der Waals surface area contributed by atoms with E-state index >= 15 is 0 Å². The number of hydrogen-bond acceptors (Lipinski definition) is 3. The molecular weight excluding hydrogens is 717 g/mol. The van der Waals surface area contributed by atoms with Gasteiger partial charge in [0, 0.05) is 33.5 Å². The van der Waals surface area contributed by atoms with Crippen LogP contribution in [-0.2, 0) is 0 Å². The van der Waals surface area contributed by atoms with Gasteiger partial charge in [0.05, 0.1) is 23.3 Å². The lowest BCUT2D eigenvalue weighted by molar-refractivity contribution is 1.18. The average Bonchev–Trinajstić information content (AvgIpc) is 3.62. The lowest BCUT2D eigenvalue weighted by Crippen LogP contribution is -2.05. The van der Waals surface area contributed by atoms with Crippen LogP contribution in [0.1, 0.15) is 23.6 Å². The van der Waals surface area contributed by atoms with Gasteiger partial charge in [-0.25, -0.2) is 0 Å². The molecule has 0 spiro atoms. The molecule has 1 heterocycles. The lowest BCUT2D eigenvalue weighted by Gasteiger charge is -2.14. The zero-order chi connectivity index (χ0) is 40.6. The van der Waals surface area contributed by atoms with Crippen molar-refractivity contribution in [2.45, 2.75) is 6.92 Å². The fourth-order valence-corrected chi connectivity index (χ4v) is 7.55. The average molecular weight is 763 g/mol. The van der Waals surface area contributed by atoms with Crippen molar-refractivity contribution in [3.05, 3.63) is 236 Å². The third-order valence-corrected chi connectivity index (χ3v) is 10.5. The van der Waals surface area contributed by atoms with E-state index in [1.165, 1.54) is 27.4 Å². The van der Waals surface area contributed by atoms with Crippen LogP contribution < -0.4 is 11.1 Å². The predicted molar refractivity (Wildman–Crippen MR) is 255 cm³/mol. The molecule has 0 aliphatic heterocycles. The number of para-hydroxylation sites is 2. The third-order valence-electron chi connectivity index (χ3n) is 10.5. The highest BCUT2D eigenvalue weighted by Crippen LogP contribution is 2.36. The van der Waals surface area contributed by atoms with Crippen LogP contribution in [0, 0.1) is 0 Å². The van der Waals surface area contributed by atoms with Crippen molar-refractivity contribution in [2.75, 3.05) is 11.9 Å². The summed E-state index contributed by atoms with van der Waals surface area (Å²) in [5.74, 6) is 0. The summed E-state index contributed by atoms with van der Waals surface area (Å²) in [5.41, 5.74) is 22.2. The van der Waals surface area contributed by atoms with Crippen LogP contribution in [-0.4, -0.2) is 16.8 Å². The predicted octanol–water partition coefficient (Wildman–Crippen LogP) is 14.0. The first kappa shape index (κ1) is 38.2. The van der Waals surface area contributed by atoms with Crippen LogP contribution >= 0.6 is 0 Å². The number of anilines is 2. The Morgan fingerprint density at radius 3 is 2.00 bits per heavy atom. The van der Waals surface area contributed by atoms with Gasteiger partial charge in [0.1, 0.15) is 0 Å². The van der Waals surface area contributed by atoms with Crippen LogP contribution in [0.3, 0.4) is 0 Å². The van der Waals surface area contributed by atoms with E-state index in [9.17, 15) is 0 Å². The topological polar surface area (TPSA) is 55.3 Å². The molecule has 8 rings (SSSR count). The zero-order valence-corrected chi connectivity index (χ0v) is 33.2. The van der Waals surface area contributed by atoms with E-state index in [4.69, 9.17) is 10.7 Å². The first-order valence-corrected chi connectivity index (χ1v) is 19.9. The van der Waals surface area contributed by atoms with Crippen LogP contribution in [0.5, 0.6) is 0 Å². The van der Waals surface area contributed by atoms with Crippen LogP contribution in [0.15, 0.2) is 224 Å². The van der Waals surface area contributed by atoms with E-state index in [0.29, 0.717) is 12.2 Å². The summed E-state index contributed by atoms with van der Waals surface area (Å²) in [6.07, 6.45) is 11.7.